The molecule has 0 atom stereocenters. The first-order chi connectivity index (χ1) is 11.7. The number of fused-ring (bicyclic) bond motifs is 1. The van der Waals surface area contributed by atoms with Gasteiger partial charge < -0.3 is 20.8 Å². The topological polar surface area (TPSA) is 107 Å². The van der Waals surface area contributed by atoms with Gasteiger partial charge in [-0.2, -0.15) is 0 Å². The fourth-order valence-corrected chi connectivity index (χ4v) is 2.91. The van der Waals surface area contributed by atoms with Gasteiger partial charge in [-0.05, 0) is 37.8 Å². The Balaban J connectivity index is 1.75. The van der Waals surface area contributed by atoms with E-state index in [1.165, 1.54) is 0 Å². The van der Waals surface area contributed by atoms with Crippen LogP contribution in [0.5, 0.6) is 0 Å². The number of aliphatic hydroxyl groups is 2. The standard InChI is InChI=1S/C17H22N4O3/c22-8-7-18-16(24)11-1-2-12-10-19-17(21-15(12)9-11)20-13-3-5-14(23)6-4-13/h1-2,9-10,13-14,22-23H,3-8H2,(H,18,24)(H,19,20,21). The summed E-state index contributed by atoms with van der Waals surface area (Å²) in [4.78, 5) is 20.8. The van der Waals surface area contributed by atoms with E-state index in [1.54, 1.807) is 18.3 Å². The number of hydrogen-bond acceptors (Lipinski definition) is 6. The SMILES string of the molecule is O=C(NCCO)c1ccc2cnc(NC3CCC(O)CC3)nc2c1. The maximum atomic E-state index is 12.0. The van der Waals surface area contributed by atoms with Crippen LogP contribution in [0.15, 0.2) is 24.4 Å². The molecule has 1 aliphatic rings. The van der Waals surface area contributed by atoms with Crippen molar-refractivity contribution < 1.29 is 15.0 Å². The first-order valence-electron chi connectivity index (χ1n) is 8.26. The van der Waals surface area contributed by atoms with Gasteiger partial charge in [-0.25, -0.2) is 9.97 Å². The molecule has 1 heterocycles. The molecular formula is C17H22N4O3. The minimum Gasteiger partial charge on any atom is -0.395 e. The van der Waals surface area contributed by atoms with Gasteiger partial charge in [-0.3, -0.25) is 4.79 Å². The van der Waals surface area contributed by atoms with E-state index < -0.39 is 0 Å². The Bertz CT molecular complexity index is 714. The van der Waals surface area contributed by atoms with Crippen LogP contribution in [0.2, 0.25) is 0 Å². The third-order valence-corrected chi connectivity index (χ3v) is 4.27. The molecule has 0 aliphatic heterocycles. The molecule has 1 aliphatic carbocycles. The predicted octanol–water partition coefficient (Wildman–Crippen LogP) is 1.07. The summed E-state index contributed by atoms with van der Waals surface area (Å²) in [5.74, 6) is 0.303. The van der Waals surface area contributed by atoms with Crippen LogP contribution in [0.1, 0.15) is 36.0 Å². The Morgan fingerprint density at radius 2 is 2.04 bits per heavy atom. The first kappa shape index (κ1) is 16.6. The number of rotatable bonds is 5. The molecule has 1 amide bonds. The van der Waals surface area contributed by atoms with E-state index in [0.717, 1.165) is 31.1 Å². The van der Waals surface area contributed by atoms with Crippen molar-refractivity contribution in [1.29, 1.82) is 0 Å². The average molecular weight is 330 g/mol. The number of amides is 1. The number of benzene rings is 1. The Labute approximate surface area is 140 Å². The largest absolute Gasteiger partial charge is 0.395 e. The maximum absolute atomic E-state index is 12.0. The fraction of sp³-hybridized carbons (Fsp3) is 0.471. The molecule has 1 saturated carbocycles. The van der Waals surface area contributed by atoms with Crippen LogP contribution < -0.4 is 10.6 Å². The number of carbonyl (C=O) groups excluding carboxylic acids is 1. The molecule has 7 nitrogen and oxygen atoms in total. The monoisotopic (exact) mass is 330 g/mol. The van der Waals surface area contributed by atoms with Gasteiger partial charge in [0.25, 0.3) is 5.91 Å². The van der Waals surface area contributed by atoms with Gasteiger partial charge in [0.15, 0.2) is 0 Å². The van der Waals surface area contributed by atoms with E-state index in [2.05, 4.69) is 20.6 Å². The number of nitrogens with zero attached hydrogens (tertiary/aromatic N) is 2. The van der Waals surface area contributed by atoms with E-state index in [0.29, 0.717) is 17.0 Å². The molecule has 0 unspecified atom stereocenters. The van der Waals surface area contributed by atoms with Crippen molar-refractivity contribution in [2.45, 2.75) is 37.8 Å². The summed E-state index contributed by atoms with van der Waals surface area (Å²) < 4.78 is 0. The Hall–Kier alpha value is -2.25. The van der Waals surface area contributed by atoms with Crippen molar-refractivity contribution in [3.63, 3.8) is 0 Å². The smallest absolute Gasteiger partial charge is 0.251 e. The van der Waals surface area contributed by atoms with E-state index >= 15 is 0 Å². The van der Waals surface area contributed by atoms with Crippen LogP contribution in [0.4, 0.5) is 5.95 Å². The molecule has 24 heavy (non-hydrogen) atoms. The molecule has 7 heteroatoms. The quantitative estimate of drug-likeness (QED) is 0.653. The number of nitrogens with one attached hydrogen (secondary N) is 2. The van der Waals surface area contributed by atoms with E-state index in [9.17, 15) is 9.90 Å². The number of aliphatic hydroxyl groups excluding tert-OH is 2. The summed E-state index contributed by atoms with van der Waals surface area (Å²) in [5.41, 5.74) is 1.20. The summed E-state index contributed by atoms with van der Waals surface area (Å²) >= 11 is 0. The number of carbonyl (C=O) groups is 1. The zero-order valence-electron chi connectivity index (χ0n) is 13.4. The number of anilines is 1. The van der Waals surface area contributed by atoms with Crippen molar-refractivity contribution >= 4 is 22.8 Å². The minimum absolute atomic E-state index is 0.0916. The molecule has 4 N–H and O–H groups in total. The molecule has 1 aromatic carbocycles. The van der Waals surface area contributed by atoms with Crippen LogP contribution in [0.3, 0.4) is 0 Å². The van der Waals surface area contributed by atoms with Crippen molar-refractivity contribution in [3.05, 3.63) is 30.0 Å². The maximum Gasteiger partial charge on any atom is 0.251 e. The highest BCUT2D eigenvalue weighted by atomic mass is 16.3. The molecule has 0 saturated heterocycles. The summed E-state index contributed by atoms with van der Waals surface area (Å²) in [6.07, 6.45) is 4.91. The molecular weight excluding hydrogens is 308 g/mol. The molecule has 128 valence electrons. The lowest BCUT2D eigenvalue weighted by Crippen LogP contribution is -2.28. The lowest BCUT2D eigenvalue weighted by atomic mass is 9.93. The van der Waals surface area contributed by atoms with Gasteiger partial charge in [0.1, 0.15) is 0 Å². The van der Waals surface area contributed by atoms with Crippen LogP contribution in [-0.2, 0) is 0 Å². The van der Waals surface area contributed by atoms with E-state index in [4.69, 9.17) is 5.11 Å². The lowest BCUT2D eigenvalue weighted by molar-refractivity contribution is 0.0945. The van der Waals surface area contributed by atoms with Crippen molar-refractivity contribution in [3.8, 4) is 0 Å². The Kier molecular flexibility index (Phi) is 5.22. The second-order valence-corrected chi connectivity index (χ2v) is 6.10. The highest BCUT2D eigenvalue weighted by molar-refractivity contribution is 5.97. The first-order valence-corrected chi connectivity index (χ1v) is 8.26. The van der Waals surface area contributed by atoms with Gasteiger partial charge >= 0.3 is 0 Å². The second kappa shape index (κ2) is 7.55. The third-order valence-electron chi connectivity index (χ3n) is 4.27. The van der Waals surface area contributed by atoms with Gasteiger partial charge in [0.2, 0.25) is 5.95 Å². The van der Waals surface area contributed by atoms with Gasteiger partial charge in [-0.1, -0.05) is 6.07 Å². The summed E-state index contributed by atoms with van der Waals surface area (Å²) in [5, 5.41) is 25.1. The van der Waals surface area contributed by atoms with Crippen LogP contribution in [0.25, 0.3) is 10.9 Å². The fourth-order valence-electron chi connectivity index (χ4n) is 2.91. The molecule has 0 spiro atoms. The van der Waals surface area contributed by atoms with Gasteiger partial charge in [-0.15, -0.1) is 0 Å². The van der Waals surface area contributed by atoms with E-state index in [1.807, 2.05) is 6.07 Å². The summed E-state index contributed by atoms with van der Waals surface area (Å²) in [6.45, 7) is 0.132. The van der Waals surface area contributed by atoms with E-state index in [-0.39, 0.29) is 31.2 Å². The van der Waals surface area contributed by atoms with Gasteiger partial charge in [0, 0.05) is 29.7 Å². The number of hydrogen-bond donors (Lipinski definition) is 4. The Morgan fingerprint density at radius 1 is 1.25 bits per heavy atom. The number of aromatic nitrogens is 2. The molecule has 0 bridgehead atoms. The zero-order chi connectivity index (χ0) is 16.9. The zero-order valence-corrected chi connectivity index (χ0v) is 13.4. The van der Waals surface area contributed by atoms with Crippen LogP contribution >= 0.6 is 0 Å². The normalized spacial score (nSPS) is 20.8. The summed E-state index contributed by atoms with van der Waals surface area (Å²) in [6, 6.07) is 5.51. The Morgan fingerprint density at radius 3 is 2.79 bits per heavy atom. The van der Waals surface area contributed by atoms with Crippen molar-refractivity contribution in [1.82, 2.24) is 15.3 Å². The van der Waals surface area contributed by atoms with Crippen LogP contribution in [0, 0.1) is 0 Å². The minimum atomic E-state index is -0.236. The van der Waals surface area contributed by atoms with Crippen molar-refractivity contribution in [2.75, 3.05) is 18.5 Å². The predicted molar refractivity (Wildman–Crippen MR) is 90.8 cm³/mol. The second-order valence-electron chi connectivity index (χ2n) is 6.10. The van der Waals surface area contributed by atoms with Crippen molar-refractivity contribution in [2.24, 2.45) is 0 Å². The molecule has 0 radical (unpaired) electrons. The summed E-state index contributed by atoms with van der Waals surface area (Å²) in [7, 11) is 0. The average Bonchev–Trinajstić information content (AvgIpc) is 2.61. The molecule has 2 aromatic rings. The lowest BCUT2D eigenvalue weighted by Gasteiger charge is -2.26. The highest BCUT2D eigenvalue weighted by Gasteiger charge is 2.19. The molecule has 1 fully saturated rings. The molecule has 1 aromatic heterocycles. The highest BCUT2D eigenvalue weighted by Crippen LogP contribution is 2.22. The van der Waals surface area contributed by atoms with Crippen LogP contribution in [-0.4, -0.2) is 51.4 Å². The van der Waals surface area contributed by atoms with Gasteiger partial charge in [0.05, 0.1) is 18.2 Å². The molecule has 3 rings (SSSR count). The third kappa shape index (κ3) is 3.98.